The Morgan fingerprint density at radius 3 is 3.04 bits per heavy atom. The molecule has 26 heavy (non-hydrogen) atoms. The molecule has 2 aromatic rings. The molecule has 6 heteroatoms. The number of piperidine rings is 1. The molecule has 2 heterocycles. The Morgan fingerprint density at radius 1 is 1.42 bits per heavy atom. The van der Waals surface area contributed by atoms with Crippen molar-refractivity contribution in [2.75, 3.05) is 25.0 Å². The lowest BCUT2D eigenvalue weighted by atomic mass is 10.0. The van der Waals surface area contributed by atoms with Gasteiger partial charge in [-0.05, 0) is 50.8 Å². The smallest absolute Gasteiger partial charge is 0.264 e. The van der Waals surface area contributed by atoms with Crippen LogP contribution in [0.1, 0.15) is 36.6 Å². The Kier molecular flexibility index (Phi) is 6.27. The summed E-state index contributed by atoms with van der Waals surface area (Å²) in [6, 6.07) is 5.93. The molecule has 5 nitrogen and oxygen atoms in total. The minimum atomic E-state index is -0.183. The van der Waals surface area contributed by atoms with Crippen molar-refractivity contribution < 1.29 is 9.53 Å². The summed E-state index contributed by atoms with van der Waals surface area (Å²) in [4.78, 5) is 19.1. The second-order valence-corrected chi connectivity index (χ2v) is 8.09. The Balaban J connectivity index is 1.48. The van der Waals surface area contributed by atoms with Crippen LogP contribution in [0.3, 0.4) is 0 Å². The fourth-order valence-electron chi connectivity index (χ4n) is 3.36. The first-order chi connectivity index (χ1) is 12.5. The number of carbonyl (C=O) groups excluding carboxylic acids is 1. The predicted molar refractivity (Wildman–Crippen MR) is 106 cm³/mol. The van der Waals surface area contributed by atoms with E-state index in [1.165, 1.54) is 29.7 Å². The van der Waals surface area contributed by atoms with Crippen LogP contribution in [0.2, 0.25) is 0 Å². The number of ether oxygens (including phenoxy) is 1. The van der Waals surface area contributed by atoms with Gasteiger partial charge in [0.05, 0.1) is 5.69 Å². The molecule has 1 amide bonds. The Hall–Kier alpha value is -1.92. The highest BCUT2D eigenvalue weighted by molar-refractivity contribution is 7.13. The molecule has 1 saturated heterocycles. The molecule has 1 atom stereocenters. The van der Waals surface area contributed by atoms with Crippen molar-refractivity contribution in [1.82, 2.24) is 9.88 Å². The molecule has 3 rings (SSSR count). The van der Waals surface area contributed by atoms with Gasteiger partial charge in [-0.2, -0.15) is 0 Å². The van der Waals surface area contributed by atoms with Gasteiger partial charge in [-0.1, -0.05) is 24.6 Å². The highest BCUT2D eigenvalue weighted by atomic mass is 32.1. The largest absolute Gasteiger partial charge is 0.483 e. The van der Waals surface area contributed by atoms with Crippen LogP contribution in [0.25, 0.3) is 0 Å². The number of likely N-dealkylation sites (tertiary alicyclic amines) is 1. The number of carbonyl (C=O) groups is 1. The maximum Gasteiger partial charge on any atom is 0.264 e. The summed E-state index contributed by atoms with van der Waals surface area (Å²) in [5.41, 5.74) is 3.23. The third-order valence-electron chi connectivity index (χ3n) is 4.61. The first-order valence-electron chi connectivity index (χ1n) is 9.16. The minimum Gasteiger partial charge on any atom is -0.483 e. The van der Waals surface area contributed by atoms with Crippen molar-refractivity contribution in [1.29, 1.82) is 0 Å². The average molecular weight is 374 g/mol. The molecule has 1 aromatic carbocycles. The Labute approximate surface area is 159 Å². The van der Waals surface area contributed by atoms with Gasteiger partial charge in [0.2, 0.25) is 0 Å². The standard InChI is InChI=1S/C20H27N3O2S/c1-14-6-7-18(16(3)9-14)25-12-19(24)22-20-21-17(13-26-20)11-23-8-4-5-15(2)10-23/h6-7,9,13,15H,4-5,8,10-12H2,1-3H3,(H,21,22,24)/t15-/m0/s1. The van der Waals surface area contributed by atoms with Gasteiger partial charge in [0.1, 0.15) is 5.75 Å². The van der Waals surface area contributed by atoms with E-state index >= 15 is 0 Å². The minimum absolute atomic E-state index is 0.0115. The van der Waals surface area contributed by atoms with Gasteiger partial charge in [0, 0.05) is 18.5 Å². The summed E-state index contributed by atoms with van der Waals surface area (Å²) in [7, 11) is 0. The fourth-order valence-corrected chi connectivity index (χ4v) is 4.07. The molecule has 0 aliphatic carbocycles. The third kappa shape index (κ3) is 5.29. The van der Waals surface area contributed by atoms with Gasteiger partial charge >= 0.3 is 0 Å². The zero-order valence-corrected chi connectivity index (χ0v) is 16.6. The summed E-state index contributed by atoms with van der Waals surface area (Å²) in [5.74, 6) is 1.31. The third-order valence-corrected chi connectivity index (χ3v) is 5.42. The summed E-state index contributed by atoms with van der Waals surface area (Å²) >= 11 is 1.47. The maximum absolute atomic E-state index is 12.1. The molecule has 1 aliphatic heterocycles. The molecule has 140 valence electrons. The summed E-state index contributed by atoms with van der Waals surface area (Å²) in [5, 5.41) is 5.50. The lowest BCUT2D eigenvalue weighted by molar-refractivity contribution is -0.118. The van der Waals surface area contributed by atoms with Gasteiger partial charge in [0.15, 0.2) is 11.7 Å². The van der Waals surface area contributed by atoms with Gasteiger partial charge in [0.25, 0.3) is 5.91 Å². The van der Waals surface area contributed by atoms with Crippen molar-refractivity contribution in [3.8, 4) is 5.75 Å². The highest BCUT2D eigenvalue weighted by Crippen LogP contribution is 2.21. The maximum atomic E-state index is 12.1. The molecule has 1 N–H and O–H groups in total. The van der Waals surface area contributed by atoms with Crippen LogP contribution in [0.15, 0.2) is 23.6 Å². The summed E-state index contributed by atoms with van der Waals surface area (Å²) < 4.78 is 5.62. The number of benzene rings is 1. The van der Waals surface area contributed by atoms with Crippen LogP contribution in [0.5, 0.6) is 5.75 Å². The van der Waals surface area contributed by atoms with E-state index in [1.807, 2.05) is 37.4 Å². The van der Waals surface area contributed by atoms with E-state index in [-0.39, 0.29) is 12.5 Å². The van der Waals surface area contributed by atoms with Gasteiger partial charge in [-0.25, -0.2) is 4.98 Å². The fraction of sp³-hybridized carbons (Fsp3) is 0.500. The van der Waals surface area contributed by atoms with E-state index < -0.39 is 0 Å². The number of nitrogens with zero attached hydrogens (tertiary/aromatic N) is 2. The van der Waals surface area contributed by atoms with Crippen LogP contribution in [-0.4, -0.2) is 35.5 Å². The van der Waals surface area contributed by atoms with E-state index in [1.54, 1.807) is 0 Å². The van der Waals surface area contributed by atoms with Gasteiger partial charge < -0.3 is 4.74 Å². The van der Waals surface area contributed by atoms with Gasteiger partial charge in [-0.15, -0.1) is 11.3 Å². The molecular formula is C20H27N3O2S. The van der Waals surface area contributed by atoms with Crippen molar-refractivity contribution in [2.45, 2.75) is 40.2 Å². The first-order valence-corrected chi connectivity index (χ1v) is 10.0. The van der Waals surface area contributed by atoms with Crippen LogP contribution in [0.4, 0.5) is 5.13 Å². The number of amides is 1. The van der Waals surface area contributed by atoms with Crippen LogP contribution in [-0.2, 0) is 11.3 Å². The highest BCUT2D eigenvalue weighted by Gasteiger charge is 2.17. The number of nitrogens with one attached hydrogen (secondary N) is 1. The lowest BCUT2D eigenvalue weighted by Gasteiger charge is -2.30. The number of thiazole rings is 1. The van der Waals surface area contributed by atoms with E-state index in [9.17, 15) is 4.79 Å². The van der Waals surface area contributed by atoms with E-state index in [2.05, 4.69) is 22.1 Å². The molecule has 0 unspecified atom stereocenters. The lowest BCUT2D eigenvalue weighted by Crippen LogP contribution is -2.33. The number of anilines is 1. The van der Waals surface area contributed by atoms with Crippen LogP contribution >= 0.6 is 11.3 Å². The predicted octanol–water partition coefficient (Wildman–Crippen LogP) is 4.01. The zero-order chi connectivity index (χ0) is 18.5. The second kappa shape index (κ2) is 8.64. The molecule has 1 fully saturated rings. The molecule has 0 radical (unpaired) electrons. The van der Waals surface area contributed by atoms with E-state index in [0.717, 1.165) is 42.6 Å². The number of aryl methyl sites for hydroxylation is 2. The number of hydrogen-bond acceptors (Lipinski definition) is 5. The molecule has 1 aliphatic rings. The zero-order valence-electron chi connectivity index (χ0n) is 15.7. The number of rotatable bonds is 6. The molecule has 0 spiro atoms. The SMILES string of the molecule is Cc1ccc(OCC(=O)Nc2nc(CN3CCC[C@H](C)C3)cs2)c(C)c1. The quantitative estimate of drug-likeness (QED) is 0.831. The van der Waals surface area contributed by atoms with Crippen molar-refractivity contribution in [3.05, 3.63) is 40.4 Å². The Bertz CT molecular complexity index is 759. The van der Waals surface area contributed by atoms with Crippen molar-refractivity contribution >= 4 is 22.4 Å². The Morgan fingerprint density at radius 2 is 2.27 bits per heavy atom. The van der Waals surface area contributed by atoms with Gasteiger partial charge in [-0.3, -0.25) is 15.0 Å². The van der Waals surface area contributed by atoms with Crippen LogP contribution in [0, 0.1) is 19.8 Å². The van der Waals surface area contributed by atoms with Crippen molar-refractivity contribution in [3.63, 3.8) is 0 Å². The summed E-state index contributed by atoms with van der Waals surface area (Å²) in [6.07, 6.45) is 2.57. The second-order valence-electron chi connectivity index (χ2n) is 7.23. The molecule has 0 bridgehead atoms. The number of aromatic nitrogens is 1. The summed E-state index contributed by atoms with van der Waals surface area (Å²) in [6.45, 7) is 9.42. The molecule has 0 saturated carbocycles. The van der Waals surface area contributed by atoms with E-state index in [4.69, 9.17) is 4.74 Å². The topological polar surface area (TPSA) is 54.5 Å². The molecular weight excluding hydrogens is 346 g/mol. The average Bonchev–Trinajstić information content (AvgIpc) is 3.01. The van der Waals surface area contributed by atoms with E-state index in [0.29, 0.717) is 5.13 Å². The van der Waals surface area contributed by atoms with Crippen LogP contribution < -0.4 is 10.1 Å². The van der Waals surface area contributed by atoms with Crippen molar-refractivity contribution in [2.24, 2.45) is 5.92 Å². The number of hydrogen-bond donors (Lipinski definition) is 1. The first kappa shape index (κ1) is 18.9. The molecule has 1 aromatic heterocycles. The normalized spacial score (nSPS) is 17.9. The monoisotopic (exact) mass is 373 g/mol.